The summed E-state index contributed by atoms with van der Waals surface area (Å²) in [6, 6.07) is 9.93. The third-order valence-corrected chi connectivity index (χ3v) is 2.58. The average molecular weight is 290 g/mol. The van der Waals surface area contributed by atoms with Gasteiger partial charge in [0.1, 0.15) is 0 Å². The van der Waals surface area contributed by atoms with E-state index >= 15 is 0 Å². The molecule has 0 saturated heterocycles. The molecule has 2 aromatic rings. The second-order valence-corrected chi connectivity index (χ2v) is 4.24. The predicted octanol–water partition coefficient (Wildman–Crippen LogP) is 4.53. The largest absolute Gasteiger partial charge is 0.482 e. The van der Waals surface area contributed by atoms with Crippen LogP contribution in [0.15, 0.2) is 40.9 Å². The maximum absolute atomic E-state index is 12.1. The number of anilines is 1. The number of rotatable bonds is 1. The van der Waals surface area contributed by atoms with Gasteiger partial charge in [0.05, 0.1) is 0 Å². The molecule has 5 heteroatoms. The Morgan fingerprint density at radius 1 is 0.938 bits per heavy atom. The Morgan fingerprint density at radius 2 is 1.56 bits per heavy atom. The van der Waals surface area contributed by atoms with Gasteiger partial charge >= 0.3 is 6.30 Å². The highest BCUT2D eigenvalue weighted by molar-refractivity contribution is 9.10. The Bertz CT molecular complexity index is 522. The first-order valence-corrected chi connectivity index (χ1v) is 5.27. The van der Waals surface area contributed by atoms with Crippen LogP contribution in [0.5, 0.6) is 0 Å². The van der Waals surface area contributed by atoms with E-state index in [9.17, 15) is 13.2 Å². The second kappa shape index (κ2) is 3.97. The third kappa shape index (κ3) is 2.66. The molecule has 0 aliphatic carbocycles. The van der Waals surface area contributed by atoms with Gasteiger partial charge in [-0.2, -0.15) is 13.2 Å². The van der Waals surface area contributed by atoms with E-state index < -0.39 is 6.30 Å². The van der Waals surface area contributed by atoms with Crippen LogP contribution in [0.2, 0.25) is 0 Å². The fourth-order valence-electron chi connectivity index (χ4n) is 1.46. The van der Waals surface area contributed by atoms with Crippen LogP contribution in [0.1, 0.15) is 0 Å². The molecular weight excluding hydrogens is 283 g/mol. The lowest BCUT2D eigenvalue weighted by Crippen LogP contribution is -2.20. The molecule has 2 aromatic carbocycles. The lowest BCUT2D eigenvalue weighted by molar-refractivity contribution is -0.0999. The van der Waals surface area contributed by atoms with Crippen molar-refractivity contribution in [2.45, 2.75) is 6.30 Å². The van der Waals surface area contributed by atoms with Gasteiger partial charge in [-0.3, -0.25) is 5.32 Å². The first kappa shape index (κ1) is 11.3. The van der Waals surface area contributed by atoms with Crippen LogP contribution in [0.3, 0.4) is 0 Å². The normalized spacial score (nSPS) is 11.8. The van der Waals surface area contributed by atoms with Gasteiger partial charge in [0.25, 0.3) is 0 Å². The molecule has 0 aliphatic rings. The van der Waals surface area contributed by atoms with Gasteiger partial charge in [-0.25, -0.2) is 0 Å². The lowest BCUT2D eigenvalue weighted by Gasteiger charge is -2.10. The van der Waals surface area contributed by atoms with Gasteiger partial charge in [0.2, 0.25) is 0 Å². The summed E-state index contributed by atoms with van der Waals surface area (Å²) in [5, 5.41) is 3.13. The Balaban J connectivity index is 2.41. The molecule has 0 spiro atoms. The number of alkyl halides is 3. The number of hydrogen-bond donors (Lipinski definition) is 1. The van der Waals surface area contributed by atoms with Crippen LogP contribution in [0.4, 0.5) is 18.9 Å². The van der Waals surface area contributed by atoms with Crippen LogP contribution < -0.4 is 5.32 Å². The minimum atomic E-state index is -4.40. The Labute approximate surface area is 98.4 Å². The maximum atomic E-state index is 12.1. The molecule has 2 rings (SSSR count). The van der Waals surface area contributed by atoms with E-state index in [0.29, 0.717) is 0 Å². The molecule has 0 fully saturated rings. The van der Waals surface area contributed by atoms with E-state index in [1.165, 1.54) is 17.4 Å². The fourth-order valence-corrected chi connectivity index (χ4v) is 1.84. The summed E-state index contributed by atoms with van der Waals surface area (Å²) in [5.74, 6) is 0. The minimum Gasteiger partial charge on any atom is -0.297 e. The molecule has 1 N–H and O–H groups in total. The molecule has 0 amide bonds. The highest BCUT2D eigenvalue weighted by atomic mass is 79.9. The summed E-state index contributed by atoms with van der Waals surface area (Å²) in [6.45, 7) is 0. The molecule has 0 radical (unpaired) electrons. The quantitative estimate of drug-likeness (QED) is 0.761. The van der Waals surface area contributed by atoms with Crippen molar-refractivity contribution in [3.05, 3.63) is 40.9 Å². The molecule has 0 saturated carbocycles. The van der Waals surface area contributed by atoms with Crippen LogP contribution in [-0.2, 0) is 0 Å². The van der Waals surface area contributed by atoms with E-state index in [1.54, 1.807) is 18.2 Å². The molecule has 16 heavy (non-hydrogen) atoms. The van der Waals surface area contributed by atoms with E-state index in [0.717, 1.165) is 15.2 Å². The van der Waals surface area contributed by atoms with Crippen molar-refractivity contribution in [1.29, 1.82) is 0 Å². The number of fused-ring (bicyclic) bond motifs is 1. The highest BCUT2D eigenvalue weighted by Crippen LogP contribution is 2.25. The van der Waals surface area contributed by atoms with E-state index in [-0.39, 0.29) is 5.69 Å². The number of hydrogen-bond acceptors (Lipinski definition) is 1. The number of halogens is 4. The van der Waals surface area contributed by atoms with Crippen molar-refractivity contribution in [2.75, 3.05) is 5.32 Å². The molecule has 0 heterocycles. The second-order valence-electron chi connectivity index (χ2n) is 3.33. The third-order valence-electron chi connectivity index (χ3n) is 2.09. The SMILES string of the molecule is FC(F)(F)Nc1ccc2cc(Br)ccc2c1. The van der Waals surface area contributed by atoms with Crippen molar-refractivity contribution in [2.24, 2.45) is 0 Å². The van der Waals surface area contributed by atoms with Gasteiger partial charge in [0.15, 0.2) is 0 Å². The van der Waals surface area contributed by atoms with Gasteiger partial charge < -0.3 is 0 Å². The van der Waals surface area contributed by atoms with Crippen LogP contribution in [0.25, 0.3) is 10.8 Å². The number of benzene rings is 2. The summed E-state index contributed by atoms with van der Waals surface area (Å²) >= 11 is 3.30. The van der Waals surface area contributed by atoms with Crippen molar-refractivity contribution in [3.8, 4) is 0 Å². The van der Waals surface area contributed by atoms with E-state index in [1.807, 2.05) is 6.07 Å². The average Bonchev–Trinajstić information content (AvgIpc) is 2.16. The number of nitrogens with one attached hydrogen (secondary N) is 1. The summed E-state index contributed by atoms with van der Waals surface area (Å²) in [4.78, 5) is 0. The lowest BCUT2D eigenvalue weighted by atomic mass is 10.1. The molecule has 84 valence electrons. The van der Waals surface area contributed by atoms with Gasteiger partial charge in [-0.05, 0) is 35.0 Å². The van der Waals surface area contributed by atoms with Crippen LogP contribution in [0, 0.1) is 0 Å². The molecular formula is C11H7BrF3N. The smallest absolute Gasteiger partial charge is 0.297 e. The first-order valence-electron chi connectivity index (χ1n) is 4.48. The van der Waals surface area contributed by atoms with E-state index in [4.69, 9.17) is 0 Å². The zero-order valence-corrected chi connectivity index (χ0v) is 9.56. The predicted molar refractivity (Wildman–Crippen MR) is 61.3 cm³/mol. The summed E-state index contributed by atoms with van der Waals surface area (Å²) < 4.78 is 37.2. The van der Waals surface area contributed by atoms with Crippen molar-refractivity contribution >= 4 is 32.4 Å². The Morgan fingerprint density at radius 3 is 2.25 bits per heavy atom. The summed E-state index contributed by atoms with van der Waals surface area (Å²) in [7, 11) is 0. The summed E-state index contributed by atoms with van der Waals surface area (Å²) in [6.07, 6.45) is -4.40. The van der Waals surface area contributed by atoms with Crippen LogP contribution in [-0.4, -0.2) is 6.30 Å². The van der Waals surface area contributed by atoms with Gasteiger partial charge in [-0.15, -0.1) is 0 Å². The van der Waals surface area contributed by atoms with Gasteiger partial charge in [-0.1, -0.05) is 28.1 Å². The summed E-state index contributed by atoms with van der Waals surface area (Å²) in [5.41, 5.74) is 0.0438. The fraction of sp³-hybridized carbons (Fsp3) is 0.0909. The first-order chi connectivity index (χ1) is 7.44. The molecule has 0 atom stereocenters. The monoisotopic (exact) mass is 289 g/mol. The molecule has 1 nitrogen and oxygen atoms in total. The van der Waals surface area contributed by atoms with E-state index in [2.05, 4.69) is 15.9 Å². The maximum Gasteiger partial charge on any atom is 0.482 e. The Kier molecular flexibility index (Phi) is 2.80. The highest BCUT2D eigenvalue weighted by Gasteiger charge is 2.26. The van der Waals surface area contributed by atoms with Crippen molar-refractivity contribution < 1.29 is 13.2 Å². The molecule has 0 aliphatic heterocycles. The standard InChI is InChI=1S/C11H7BrF3N/c12-9-3-1-8-6-10(16-11(13,14)15)4-2-7(8)5-9/h1-6,16H. The van der Waals surface area contributed by atoms with Crippen LogP contribution >= 0.6 is 15.9 Å². The molecule has 0 aromatic heterocycles. The molecule has 0 bridgehead atoms. The zero-order valence-electron chi connectivity index (χ0n) is 7.98. The Hall–Kier alpha value is -1.23. The zero-order chi connectivity index (χ0) is 11.8. The minimum absolute atomic E-state index is 0.0438. The van der Waals surface area contributed by atoms with Crippen molar-refractivity contribution in [3.63, 3.8) is 0 Å². The van der Waals surface area contributed by atoms with Gasteiger partial charge in [0, 0.05) is 10.2 Å². The molecule has 0 unspecified atom stereocenters. The van der Waals surface area contributed by atoms with Crippen molar-refractivity contribution in [1.82, 2.24) is 0 Å². The topological polar surface area (TPSA) is 12.0 Å².